The summed E-state index contributed by atoms with van der Waals surface area (Å²) >= 11 is 0. The lowest BCUT2D eigenvalue weighted by molar-refractivity contribution is -0.138. The minimum atomic E-state index is -4.04. The topological polar surface area (TPSA) is 207 Å². The number of carboxylic acid groups (broad SMARTS) is 1. The molecule has 17 heteroatoms. The second-order valence-electron chi connectivity index (χ2n) is 12.9. The molecule has 0 heterocycles. The van der Waals surface area contributed by atoms with E-state index in [9.17, 15) is 31.2 Å². The Labute approximate surface area is 334 Å². The van der Waals surface area contributed by atoms with Crippen molar-refractivity contribution in [3.05, 3.63) is 95.1 Å². The third-order valence-electron chi connectivity index (χ3n) is 8.26. The number of hydrogen-bond donors (Lipinski definition) is 2. The number of ether oxygens (including phenoxy) is 6. The van der Waals surface area contributed by atoms with Gasteiger partial charge in [0.15, 0.2) is 25.5 Å². The van der Waals surface area contributed by atoms with Crippen molar-refractivity contribution in [2.75, 3.05) is 97.3 Å². The van der Waals surface area contributed by atoms with Crippen molar-refractivity contribution >= 4 is 37.3 Å². The molecule has 0 unspecified atom stereocenters. The van der Waals surface area contributed by atoms with E-state index in [1.54, 1.807) is 24.3 Å². The van der Waals surface area contributed by atoms with Crippen molar-refractivity contribution in [1.82, 2.24) is 5.32 Å². The fraction of sp³-hybridized carbons (Fsp3) is 0.475. The molecule has 314 valence electrons. The van der Waals surface area contributed by atoms with Gasteiger partial charge in [-0.05, 0) is 50.2 Å². The van der Waals surface area contributed by atoms with Crippen LogP contribution in [0.1, 0.15) is 38.3 Å². The monoisotopic (exact) mass is 835 g/mol. The maximum atomic E-state index is 13.7. The van der Waals surface area contributed by atoms with Crippen LogP contribution in [0.3, 0.4) is 0 Å². The molecule has 0 aliphatic rings. The van der Waals surface area contributed by atoms with Crippen LogP contribution in [0, 0.1) is 19.8 Å². The molecule has 0 aliphatic heterocycles. The Morgan fingerprint density at radius 1 is 0.526 bits per heavy atom. The lowest BCUT2D eigenvalue weighted by atomic mass is 9.99. The first-order valence-electron chi connectivity index (χ1n) is 18.5. The van der Waals surface area contributed by atoms with Crippen molar-refractivity contribution in [2.45, 2.75) is 30.1 Å². The van der Waals surface area contributed by atoms with Crippen LogP contribution in [0.4, 0.5) is 0 Å². The SMILES string of the molecule is Cc1ccc(S(=O)(=O)CC(CS(=O)(=O)c2ccc(C)cc2)C(=O)c2ccc(C(=O)NCCOCCOCCOCCOCCOCCOCCC(=O)O)cc2)cc1. The summed E-state index contributed by atoms with van der Waals surface area (Å²) in [5.74, 6) is -4.83. The highest BCUT2D eigenvalue weighted by Crippen LogP contribution is 2.23. The van der Waals surface area contributed by atoms with Gasteiger partial charge in [0.25, 0.3) is 5.91 Å². The average molecular weight is 836 g/mol. The minimum absolute atomic E-state index is 0.0114. The molecule has 3 aromatic rings. The van der Waals surface area contributed by atoms with E-state index in [0.717, 1.165) is 11.1 Å². The highest BCUT2D eigenvalue weighted by atomic mass is 32.2. The third kappa shape index (κ3) is 18.4. The molecule has 3 rings (SSSR count). The Morgan fingerprint density at radius 2 is 0.877 bits per heavy atom. The van der Waals surface area contributed by atoms with E-state index in [1.807, 2.05) is 13.8 Å². The molecule has 0 aromatic heterocycles. The number of carbonyl (C=O) groups is 3. The number of nitrogens with one attached hydrogen (secondary N) is 1. The number of hydrogen-bond acceptors (Lipinski definition) is 13. The summed E-state index contributed by atoms with van der Waals surface area (Å²) in [5.41, 5.74) is 2.02. The van der Waals surface area contributed by atoms with Crippen LogP contribution in [0.5, 0.6) is 0 Å². The van der Waals surface area contributed by atoms with Gasteiger partial charge in [0.1, 0.15) is 0 Å². The Morgan fingerprint density at radius 3 is 1.26 bits per heavy atom. The largest absolute Gasteiger partial charge is 0.481 e. The van der Waals surface area contributed by atoms with E-state index in [4.69, 9.17) is 33.5 Å². The average Bonchev–Trinajstić information content (AvgIpc) is 3.18. The van der Waals surface area contributed by atoms with Gasteiger partial charge in [-0.1, -0.05) is 47.5 Å². The zero-order valence-electron chi connectivity index (χ0n) is 32.4. The molecule has 0 aliphatic carbocycles. The van der Waals surface area contributed by atoms with Crippen LogP contribution in [0.25, 0.3) is 0 Å². The summed E-state index contributed by atoms with van der Waals surface area (Å²) < 4.78 is 85.7. The number of carbonyl (C=O) groups excluding carboxylic acids is 2. The van der Waals surface area contributed by atoms with Crippen LogP contribution in [0.15, 0.2) is 82.6 Å². The maximum Gasteiger partial charge on any atom is 0.305 e. The van der Waals surface area contributed by atoms with Crippen molar-refractivity contribution in [2.24, 2.45) is 5.92 Å². The van der Waals surface area contributed by atoms with Gasteiger partial charge in [-0.15, -0.1) is 0 Å². The molecule has 0 atom stereocenters. The minimum Gasteiger partial charge on any atom is -0.481 e. The first-order chi connectivity index (χ1) is 27.3. The van der Waals surface area contributed by atoms with Crippen molar-refractivity contribution in [1.29, 1.82) is 0 Å². The van der Waals surface area contributed by atoms with E-state index in [1.165, 1.54) is 48.5 Å². The van der Waals surface area contributed by atoms with Crippen LogP contribution in [-0.2, 0) is 52.9 Å². The molecule has 0 radical (unpaired) electrons. The number of sulfone groups is 2. The van der Waals surface area contributed by atoms with Crippen molar-refractivity contribution in [3.63, 3.8) is 0 Å². The number of benzene rings is 3. The molecule has 0 fully saturated rings. The number of carboxylic acids is 1. The van der Waals surface area contributed by atoms with E-state index in [0.29, 0.717) is 66.1 Å². The summed E-state index contributed by atoms with van der Waals surface area (Å²) in [4.78, 5) is 36.8. The molecular weight excluding hydrogens is 783 g/mol. The number of aliphatic carboxylic acids is 1. The lowest BCUT2D eigenvalue weighted by Gasteiger charge is -2.17. The van der Waals surface area contributed by atoms with Gasteiger partial charge in [0.2, 0.25) is 0 Å². The van der Waals surface area contributed by atoms with Crippen molar-refractivity contribution in [3.8, 4) is 0 Å². The highest BCUT2D eigenvalue weighted by molar-refractivity contribution is 7.92. The van der Waals surface area contributed by atoms with Gasteiger partial charge in [0, 0.05) is 17.7 Å². The summed E-state index contributed by atoms with van der Waals surface area (Å²) in [7, 11) is -8.08. The number of rotatable bonds is 30. The van der Waals surface area contributed by atoms with Crippen LogP contribution in [0.2, 0.25) is 0 Å². The normalized spacial score (nSPS) is 11.8. The number of ketones is 1. The molecule has 0 saturated carbocycles. The predicted octanol–water partition coefficient (Wildman–Crippen LogP) is 3.35. The van der Waals surface area contributed by atoms with Gasteiger partial charge < -0.3 is 38.8 Å². The van der Waals surface area contributed by atoms with E-state index >= 15 is 0 Å². The fourth-order valence-corrected chi connectivity index (χ4v) is 8.37. The first kappa shape index (κ1) is 47.3. The molecule has 3 aromatic carbocycles. The standard InChI is InChI=1S/C40H53NO14S2/c1-31-3-11-36(12-4-31)56(46,47)29-35(30-57(48,49)37-13-5-32(2)6-14-37)39(44)33-7-9-34(10-8-33)40(45)41-16-18-51-20-22-53-24-26-55-28-27-54-25-23-52-21-19-50-17-15-38(42)43/h3-14,35H,15-30H2,1-2H3,(H,41,45)(H,42,43). The zero-order chi connectivity index (χ0) is 41.5. The number of Topliss-reactive ketones (excluding diaryl/α,β-unsaturated/α-hetero) is 1. The Bertz CT molecular complexity index is 1810. The molecule has 0 bridgehead atoms. The summed E-state index contributed by atoms with van der Waals surface area (Å²) in [6.07, 6.45) is -0.0350. The Balaban J connectivity index is 1.34. The van der Waals surface area contributed by atoms with Crippen molar-refractivity contribution < 1.29 is 64.7 Å². The van der Waals surface area contributed by atoms with E-state index < -0.39 is 54.8 Å². The molecule has 0 saturated heterocycles. The molecular formula is C40H53NO14S2. The number of aryl methyl sites for hydroxylation is 2. The summed E-state index contributed by atoms with van der Waals surface area (Å²) in [5, 5.41) is 11.2. The molecule has 0 spiro atoms. The third-order valence-corrected chi connectivity index (χ3v) is 11.9. The van der Waals surface area contributed by atoms with E-state index in [-0.39, 0.29) is 47.1 Å². The predicted molar refractivity (Wildman–Crippen MR) is 210 cm³/mol. The van der Waals surface area contributed by atoms with Gasteiger partial charge in [-0.25, -0.2) is 16.8 Å². The van der Waals surface area contributed by atoms with E-state index in [2.05, 4.69) is 5.32 Å². The van der Waals surface area contributed by atoms with Crippen LogP contribution >= 0.6 is 0 Å². The van der Waals surface area contributed by atoms with Crippen LogP contribution in [-0.4, -0.2) is 137 Å². The Kier molecular flexibility index (Phi) is 21.0. The molecule has 1 amide bonds. The zero-order valence-corrected chi connectivity index (χ0v) is 34.0. The van der Waals surface area contributed by atoms with Gasteiger partial charge in [-0.2, -0.15) is 0 Å². The second kappa shape index (κ2) is 25.3. The molecule has 57 heavy (non-hydrogen) atoms. The molecule has 15 nitrogen and oxygen atoms in total. The van der Waals surface area contributed by atoms with Gasteiger partial charge in [0.05, 0.1) is 113 Å². The quantitative estimate of drug-likeness (QED) is 0.0730. The van der Waals surface area contributed by atoms with Gasteiger partial charge >= 0.3 is 5.97 Å². The highest BCUT2D eigenvalue weighted by Gasteiger charge is 2.33. The van der Waals surface area contributed by atoms with Crippen LogP contribution < -0.4 is 5.32 Å². The molecule has 2 N–H and O–H groups in total. The smallest absolute Gasteiger partial charge is 0.305 e. The maximum absolute atomic E-state index is 13.7. The van der Waals surface area contributed by atoms with Gasteiger partial charge in [-0.3, -0.25) is 14.4 Å². The number of amides is 1. The first-order valence-corrected chi connectivity index (χ1v) is 21.8. The second-order valence-corrected chi connectivity index (χ2v) is 17.0. The Hall–Kier alpha value is -4.07. The summed E-state index contributed by atoms with van der Waals surface area (Å²) in [6, 6.07) is 17.9. The fourth-order valence-electron chi connectivity index (χ4n) is 5.13. The lowest BCUT2D eigenvalue weighted by Crippen LogP contribution is -2.31. The summed E-state index contributed by atoms with van der Waals surface area (Å²) in [6.45, 7) is 7.89.